The number of benzene rings is 1. The molecular weight excluding hydrogens is 228 g/mol. The third-order valence-corrected chi connectivity index (χ3v) is 2.34. The Bertz CT molecular complexity index is 494. The molecule has 0 saturated carbocycles. The van der Waals surface area contributed by atoms with Crippen LogP contribution in [0.1, 0.15) is 19.5 Å². The summed E-state index contributed by atoms with van der Waals surface area (Å²) < 4.78 is 5.63. The van der Waals surface area contributed by atoms with Crippen LogP contribution in [0.5, 0.6) is 5.75 Å². The highest BCUT2D eigenvalue weighted by Gasteiger charge is 2.02. The van der Waals surface area contributed by atoms with Gasteiger partial charge < -0.3 is 15.8 Å². The summed E-state index contributed by atoms with van der Waals surface area (Å²) in [6.45, 7) is 4.65. The number of nitrogens with one attached hydrogen (secondary N) is 2. The van der Waals surface area contributed by atoms with E-state index in [1.165, 1.54) is 0 Å². The molecule has 5 heteroatoms. The Hall–Kier alpha value is -2.17. The fourth-order valence-corrected chi connectivity index (χ4v) is 1.64. The Balaban J connectivity index is 2.05. The quantitative estimate of drug-likeness (QED) is 0.708. The average molecular weight is 246 g/mol. The van der Waals surface area contributed by atoms with E-state index in [9.17, 15) is 0 Å². The van der Waals surface area contributed by atoms with Crippen molar-refractivity contribution in [2.75, 3.05) is 11.1 Å². The molecule has 0 bridgehead atoms. The molecule has 0 atom stereocenters. The molecule has 0 aliphatic heterocycles. The summed E-state index contributed by atoms with van der Waals surface area (Å²) in [6, 6.07) is 7.56. The SMILES string of the molecule is CC(C)Oc1cc(N)cc(NCc2ccn[nH]2)c1. The van der Waals surface area contributed by atoms with E-state index in [4.69, 9.17) is 10.5 Å². The van der Waals surface area contributed by atoms with Gasteiger partial charge in [0.2, 0.25) is 0 Å². The summed E-state index contributed by atoms with van der Waals surface area (Å²) in [5.74, 6) is 0.775. The number of aromatic nitrogens is 2. The maximum Gasteiger partial charge on any atom is 0.123 e. The van der Waals surface area contributed by atoms with Crippen LogP contribution in [0.25, 0.3) is 0 Å². The molecule has 96 valence electrons. The van der Waals surface area contributed by atoms with Crippen LogP contribution in [-0.4, -0.2) is 16.3 Å². The van der Waals surface area contributed by atoms with Gasteiger partial charge in [0.25, 0.3) is 0 Å². The molecule has 0 radical (unpaired) electrons. The monoisotopic (exact) mass is 246 g/mol. The number of nitrogens with zero attached hydrogens (tertiary/aromatic N) is 1. The van der Waals surface area contributed by atoms with Gasteiger partial charge in [-0.1, -0.05) is 0 Å². The van der Waals surface area contributed by atoms with Gasteiger partial charge in [0.05, 0.1) is 18.3 Å². The van der Waals surface area contributed by atoms with E-state index in [0.717, 1.165) is 17.1 Å². The summed E-state index contributed by atoms with van der Waals surface area (Å²) in [7, 11) is 0. The number of rotatable bonds is 5. The molecular formula is C13H18N4O. The summed E-state index contributed by atoms with van der Waals surface area (Å²) in [5, 5.41) is 10.1. The van der Waals surface area contributed by atoms with Crippen molar-refractivity contribution in [2.24, 2.45) is 0 Å². The molecule has 0 fully saturated rings. The molecule has 1 aromatic heterocycles. The fourth-order valence-electron chi connectivity index (χ4n) is 1.64. The van der Waals surface area contributed by atoms with E-state index in [-0.39, 0.29) is 6.10 Å². The van der Waals surface area contributed by atoms with Gasteiger partial charge in [0.15, 0.2) is 0 Å². The van der Waals surface area contributed by atoms with Crippen molar-refractivity contribution in [3.63, 3.8) is 0 Å². The average Bonchev–Trinajstić information content (AvgIpc) is 2.77. The topological polar surface area (TPSA) is 76.0 Å². The van der Waals surface area contributed by atoms with Crippen LogP contribution >= 0.6 is 0 Å². The van der Waals surface area contributed by atoms with Gasteiger partial charge in [0.1, 0.15) is 5.75 Å². The number of nitrogens with two attached hydrogens (primary N) is 1. The van der Waals surface area contributed by atoms with E-state index < -0.39 is 0 Å². The fraction of sp³-hybridized carbons (Fsp3) is 0.308. The molecule has 4 N–H and O–H groups in total. The van der Waals surface area contributed by atoms with Crippen LogP contribution in [0.4, 0.5) is 11.4 Å². The van der Waals surface area contributed by atoms with Gasteiger partial charge in [-0.15, -0.1) is 0 Å². The molecule has 2 aromatic rings. The van der Waals surface area contributed by atoms with E-state index in [0.29, 0.717) is 12.2 Å². The van der Waals surface area contributed by atoms with Crippen LogP contribution in [0, 0.1) is 0 Å². The molecule has 0 spiro atoms. The van der Waals surface area contributed by atoms with Crippen LogP contribution in [-0.2, 0) is 6.54 Å². The Labute approximate surface area is 106 Å². The number of H-pyrrole nitrogens is 1. The van der Waals surface area contributed by atoms with Gasteiger partial charge in [0, 0.05) is 29.7 Å². The maximum atomic E-state index is 5.84. The standard InChI is InChI=1S/C13H18N4O/c1-9(2)18-13-6-10(14)5-12(7-13)15-8-11-3-4-16-17-11/h3-7,9,15H,8,14H2,1-2H3,(H,16,17). The minimum Gasteiger partial charge on any atom is -0.491 e. The number of hydrogen-bond acceptors (Lipinski definition) is 4. The highest BCUT2D eigenvalue weighted by Crippen LogP contribution is 2.23. The summed E-state index contributed by atoms with van der Waals surface area (Å²) in [4.78, 5) is 0. The third kappa shape index (κ3) is 3.41. The number of anilines is 2. The number of hydrogen-bond donors (Lipinski definition) is 3. The van der Waals surface area contributed by atoms with Crippen LogP contribution < -0.4 is 15.8 Å². The maximum absolute atomic E-state index is 5.84. The lowest BCUT2D eigenvalue weighted by Crippen LogP contribution is -2.07. The minimum absolute atomic E-state index is 0.132. The van der Waals surface area contributed by atoms with Gasteiger partial charge >= 0.3 is 0 Å². The lowest BCUT2D eigenvalue weighted by atomic mass is 10.2. The molecule has 0 unspecified atom stereocenters. The molecule has 1 heterocycles. The first-order chi connectivity index (χ1) is 8.63. The number of aromatic amines is 1. The molecule has 5 nitrogen and oxygen atoms in total. The van der Waals surface area contributed by atoms with Gasteiger partial charge in [-0.3, -0.25) is 5.10 Å². The Morgan fingerprint density at radius 3 is 2.89 bits per heavy atom. The Morgan fingerprint density at radius 1 is 1.39 bits per heavy atom. The van der Waals surface area contributed by atoms with Crippen LogP contribution in [0.3, 0.4) is 0 Å². The Morgan fingerprint density at radius 2 is 2.22 bits per heavy atom. The second kappa shape index (κ2) is 5.44. The largest absolute Gasteiger partial charge is 0.491 e. The van der Waals surface area contributed by atoms with E-state index in [2.05, 4.69) is 15.5 Å². The van der Waals surface area contributed by atoms with Crippen molar-refractivity contribution < 1.29 is 4.74 Å². The predicted octanol–water partition coefficient (Wildman–Crippen LogP) is 2.39. The van der Waals surface area contributed by atoms with Gasteiger partial charge in [-0.05, 0) is 26.0 Å². The highest BCUT2D eigenvalue weighted by molar-refractivity contribution is 5.59. The lowest BCUT2D eigenvalue weighted by molar-refractivity contribution is 0.242. The zero-order chi connectivity index (χ0) is 13.0. The van der Waals surface area contributed by atoms with Crippen molar-refractivity contribution in [2.45, 2.75) is 26.5 Å². The molecule has 1 aromatic carbocycles. The molecule has 18 heavy (non-hydrogen) atoms. The third-order valence-electron chi connectivity index (χ3n) is 2.34. The summed E-state index contributed by atoms with van der Waals surface area (Å²) >= 11 is 0. The summed E-state index contributed by atoms with van der Waals surface area (Å²) in [5.41, 5.74) is 8.47. The Kier molecular flexibility index (Phi) is 3.72. The summed E-state index contributed by atoms with van der Waals surface area (Å²) in [6.07, 6.45) is 1.86. The first-order valence-corrected chi connectivity index (χ1v) is 5.93. The van der Waals surface area contributed by atoms with Crippen molar-refractivity contribution in [3.8, 4) is 5.75 Å². The molecule has 0 aliphatic rings. The van der Waals surface area contributed by atoms with Crippen molar-refractivity contribution in [1.29, 1.82) is 0 Å². The normalized spacial score (nSPS) is 10.6. The first kappa shape index (κ1) is 12.3. The second-order valence-corrected chi connectivity index (χ2v) is 4.39. The van der Waals surface area contributed by atoms with E-state index in [1.54, 1.807) is 6.20 Å². The zero-order valence-corrected chi connectivity index (χ0v) is 10.6. The van der Waals surface area contributed by atoms with Crippen molar-refractivity contribution >= 4 is 11.4 Å². The van der Waals surface area contributed by atoms with Crippen LogP contribution in [0.2, 0.25) is 0 Å². The van der Waals surface area contributed by atoms with E-state index >= 15 is 0 Å². The van der Waals surface area contributed by atoms with Crippen molar-refractivity contribution in [1.82, 2.24) is 10.2 Å². The van der Waals surface area contributed by atoms with Gasteiger partial charge in [-0.2, -0.15) is 5.10 Å². The molecule has 0 aliphatic carbocycles. The number of nitrogen functional groups attached to an aromatic ring is 1. The van der Waals surface area contributed by atoms with Gasteiger partial charge in [-0.25, -0.2) is 0 Å². The van der Waals surface area contributed by atoms with Crippen LogP contribution in [0.15, 0.2) is 30.5 Å². The highest BCUT2D eigenvalue weighted by atomic mass is 16.5. The first-order valence-electron chi connectivity index (χ1n) is 5.93. The van der Waals surface area contributed by atoms with Crippen molar-refractivity contribution in [3.05, 3.63) is 36.2 Å². The molecule has 0 amide bonds. The smallest absolute Gasteiger partial charge is 0.123 e. The second-order valence-electron chi connectivity index (χ2n) is 4.39. The lowest BCUT2D eigenvalue weighted by Gasteiger charge is -2.13. The van der Waals surface area contributed by atoms with E-state index in [1.807, 2.05) is 38.1 Å². The molecule has 0 saturated heterocycles. The minimum atomic E-state index is 0.132. The zero-order valence-electron chi connectivity index (χ0n) is 10.6. The predicted molar refractivity (Wildman–Crippen MR) is 72.5 cm³/mol. The molecule has 2 rings (SSSR count). The number of ether oxygens (including phenoxy) is 1.